The number of carbonyl (C=O) groups excluding carboxylic acids is 2. The summed E-state index contributed by atoms with van der Waals surface area (Å²) in [6.45, 7) is 2.47. The van der Waals surface area contributed by atoms with Gasteiger partial charge in [-0.15, -0.1) is 0 Å². The molecule has 7 heteroatoms. The number of aromatic nitrogens is 1. The summed E-state index contributed by atoms with van der Waals surface area (Å²) >= 11 is 1.08. The molecule has 0 atom stereocenters. The van der Waals surface area contributed by atoms with Crippen molar-refractivity contribution in [1.82, 2.24) is 4.98 Å². The van der Waals surface area contributed by atoms with Crippen LogP contribution in [-0.2, 0) is 9.53 Å². The predicted octanol–water partition coefficient (Wildman–Crippen LogP) is 3.04. The maximum atomic E-state index is 11.8. The van der Waals surface area contributed by atoms with Crippen LogP contribution in [0.3, 0.4) is 0 Å². The summed E-state index contributed by atoms with van der Waals surface area (Å²) in [4.78, 5) is 27.4. The fraction of sp³-hybridized carbons (Fsp3) is 0.312. The van der Waals surface area contributed by atoms with E-state index in [2.05, 4.69) is 15.0 Å². The van der Waals surface area contributed by atoms with Crippen molar-refractivity contribution < 1.29 is 19.1 Å². The molecule has 0 radical (unpaired) electrons. The van der Waals surface area contributed by atoms with Crippen LogP contribution in [0.5, 0.6) is 5.75 Å². The van der Waals surface area contributed by atoms with Gasteiger partial charge in [0.15, 0.2) is 5.13 Å². The van der Waals surface area contributed by atoms with Gasteiger partial charge in [-0.1, -0.05) is 29.0 Å². The second-order valence-corrected chi connectivity index (χ2v) is 5.87. The maximum absolute atomic E-state index is 11.8. The van der Waals surface area contributed by atoms with Crippen molar-refractivity contribution in [2.24, 2.45) is 0 Å². The Balaban J connectivity index is 1.69. The smallest absolute Gasteiger partial charge is 0.349 e. The van der Waals surface area contributed by atoms with E-state index in [-0.39, 0.29) is 5.91 Å². The summed E-state index contributed by atoms with van der Waals surface area (Å²) in [5.74, 6) is 0.163. The molecule has 23 heavy (non-hydrogen) atoms. The van der Waals surface area contributed by atoms with E-state index in [0.717, 1.165) is 17.1 Å². The number of rotatable bonds is 7. The van der Waals surface area contributed by atoms with Gasteiger partial charge < -0.3 is 14.8 Å². The molecule has 0 aliphatic carbocycles. The van der Waals surface area contributed by atoms with Crippen molar-refractivity contribution in [3.63, 3.8) is 0 Å². The standard InChI is InChI=1S/C16H18N2O4S/c1-11-5-7-12(8-6-11)22-9-3-4-14(19)18-16-17-10-13(23-16)15(20)21-2/h5-8,10H,3-4,9H2,1-2H3,(H,17,18,19). The monoisotopic (exact) mass is 334 g/mol. The molecule has 1 N–H and O–H groups in total. The van der Waals surface area contributed by atoms with Crippen molar-refractivity contribution >= 4 is 28.3 Å². The van der Waals surface area contributed by atoms with Crippen molar-refractivity contribution in [3.05, 3.63) is 40.9 Å². The number of ether oxygens (including phenoxy) is 2. The van der Waals surface area contributed by atoms with E-state index in [1.165, 1.54) is 18.9 Å². The van der Waals surface area contributed by atoms with Gasteiger partial charge in [-0.05, 0) is 25.5 Å². The first-order valence-electron chi connectivity index (χ1n) is 7.12. The molecule has 6 nitrogen and oxygen atoms in total. The summed E-state index contributed by atoms with van der Waals surface area (Å²) in [6, 6.07) is 7.76. The Morgan fingerprint density at radius 1 is 1.26 bits per heavy atom. The number of benzene rings is 1. The summed E-state index contributed by atoms with van der Waals surface area (Å²) in [6.07, 6.45) is 2.29. The number of hydrogen-bond donors (Lipinski definition) is 1. The van der Waals surface area contributed by atoms with E-state index < -0.39 is 5.97 Å². The number of esters is 1. The fourth-order valence-corrected chi connectivity index (χ4v) is 2.52. The number of carbonyl (C=O) groups is 2. The number of anilines is 1. The Bertz CT molecular complexity index is 667. The van der Waals surface area contributed by atoms with E-state index in [1.807, 2.05) is 31.2 Å². The highest BCUT2D eigenvalue weighted by molar-refractivity contribution is 7.17. The topological polar surface area (TPSA) is 77.5 Å². The molecule has 1 aromatic carbocycles. The minimum atomic E-state index is -0.463. The third-order valence-corrected chi connectivity index (χ3v) is 3.87. The number of nitrogens with zero attached hydrogens (tertiary/aromatic N) is 1. The van der Waals surface area contributed by atoms with Crippen molar-refractivity contribution in [2.75, 3.05) is 19.0 Å². The molecule has 1 aromatic heterocycles. The first kappa shape index (κ1) is 17.0. The van der Waals surface area contributed by atoms with E-state index in [0.29, 0.717) is 29.5 Å². The first-order chi connectivity index (χ1) is 11.1. The molecule has 0 unspecified atom stereocenters. The maximum Gasteiger partial charge on any atom is 0.349 e. The number of aryl methyl sites for hydroxylation is 1. The average Bonchev–Trinajstić information content (AvgIpc) is 3.01. The Hall–Kier alpha value is -2.41. The highest BCUT2D eigenvalue weighted by Gasteiger charge is 2.12. The molecule has 0 saturated carbocycles. The molecule has 0 saturated heterocycles. The third kappa shape index (κ3) is 5.37. The first-order valence-corrected chi connectivity index (χ1v) is 7.93. The third-order valence-electron chi connectivity index (χ3n) is 2.98. The summed E-state index contributed by atoms with van der Waals surface area (Å²) in [5, 5.41) is 3.04. The molecule has 1 amide bonds. The van der Waals surface area contributed by atoms with E-state index in [4.69, 9.17) is 4.74 Å². The predicted molar refractivity (Wildman–Crippen MR) is 88.0 cm³/mol. The van der Waals surface area contributed by atoms with Crippen LogP contribution in [0, 0.1) is 6.92 Å². The normalized spacial score (nSPS) is 10.2. The number of methoxy groups -OCH3 is 1. The fourth-order valence-electron chi connectivity index (χ4n) is 1.77. The highest BCUT2D eigenvalue weighted by Crippen LogP contribution is 2.19. The minimum Gasteiger partial charge on any atom is -0.494 e. The minimum absolute atomic E-state index is 0.164. The second kappa shape index (κ2) is 8.28. The Labute approximate surface area is 138 Å². The zero-order chi connectivity index (χ0) is 16.7. The number of hydrogen-bond acceptors (Lipinski definition) is 6. The van der Waals surface area contributed by atoms with E-state index >= 15 is 0 Å². The Kier molecular flexibility index (Phi) is 6.10. The lowest BCUT2D eigenvalue weighted by molar-refractivity contribution is -0.116. The zero-order valence-electron chi connectivity index (χ0n) is 13.0. The molecule has 0 fully saturated rings. The Morgan fingerprint density at radius 2 is 2.00 bits per heavy atom. The molecule has 0 aliphatic heterocycles. The van der Waals surface area contributed by atoms with Gasteiger partial charge in [0.05, 0.1) is 19.9 Å². The lowest BCUT2D eigenvalue weighted by Crippen LogP contribution is -2.12. The van der Waals surface area contributed by atoms with Crippen LogP contribution < -0.4 is 10.1 Å². The van der Waals surface area contributed by atoms with Gasteiger partial charge >= 0.3 is 5.97 Å². The molecule has 0 bridgehead atoms. The summed E-state index contributed by atoms with van der Waals surface area (Å²) in [5.41, 5.74) is 1.17. The molecular formula is C16H18N2O4S. The molecule has 0 aliphatic rings. The van der Waals surface area contributed by atoms with Crippen LogP contribution >= 0.6 is 11.3 Å². The Morgan fingerprint density at radius 3 is 2.70 bits per heavy atom. The second-order valence-electron chi connectivity index (χ2n) is 4.83. The summed E-state index contributed by atoms with van der Waals surface area (Å²) in [7, 11) is 1.30. The molecule has 0 spiro atoms. The lowest BCUT2D eigenvalue weighted by Gasteiger charge is -2.06. The van der Waals surface area contributed by atoms with Gasteiger partial charge in [-0.2, -0.15) is 0 Å². The lowest BCUT2D eigenvalue weighted by atomic mass is 10.2. The van der Waals surface area contributed by atoms with Crippen LogP contribution in [0.15, 0.2) is 30.5 Å². The van der Waals surface area contributed by atoms with Gasteiger partial charge in [-0.3, -0.25) is 4.79 Å². The largest absolute Gasteiger partial charge is 0.494 e. The molecular weight excluding hydrogens is 316 g/mol. The van der Waals surface area contributed by atoms with Gasteiger partial charge in [0.2, 0.25) is 5.91 Å². The van der Waals surface area contributed by atoms with E-state index in [9.17, 15) is 9.59 Å². The SMILES string of the molecule is COC(=O)c1cnc(NC(=O)CCCOc2ccc(C)cc2)s1. The average molecular weight is 334 g/mol. The van der Waals surface area contributed by atoms with Crippen LogP contribution in [-0.4, -0.2) is 30.6 Å². The van der Waals surface area contributed by atoms with Crippen molar-refractivity contribution in [1.29, 1.82) is 0 Å². The number of nitrogens with one attached hydrogen (secondary N) is 1. The highest BCUT2D eigenvalue weighted by atomic mass is 32.1. The van der Waals surface area contributed by atoms with Gasteiger partial charge in [-0.25, -0.2) is 9.78 Å². The van der Waals surface area contributed by atoms with Crippen LogP contribution in [0.1, 0.15) is 28.1 Å². The van der Waals surface area contributed by atoms with Crippen molar-refractivity contribution in [3.8, 4) is 5.75 Å². The van der Waals surface area contributed by atoms with Gasteiger partial charge in [0.25, 0.3) is 0 Å². The summed E-state index contributed by atoms with van der Waals surface area (Å²) < 4.78 is 10.1. The molecule has 1 heterocycles. The molecule has 122 valence electrons. The number of amides is 1. The van der Waals surface area contributed by atoms with Gasteiger partial charge in [0.1, 0.15) is 10.6 Å². The zero-order valence-corrected chi connectivity index (χ0v) is 13.8. The van der Waals surface area contributed by atoms with E-state index in [1.54, 1.807) is 0 Å². The van der Waals surface area contributed by atoms with Gasteiger partial charge in [0, 0.05) is 6.42 Å². The van der Waals surface area contributed by atoms with Crippen LogP contribution in [0.25, 0.3) is 0 Å². The van der Waals surface area contributed by atoms with Crippen LogP contribution in [0.2, 0.25) is 0 Å². The molecule has 2 aromatic rings. The molecule has 2 rings (SSSR count). The quantitative estimate of drug-likeness (QED) is 0.622. The van der Waals surface area contributed by atoms with Crippen LogP contribution in [0.4, 0.5) is 5.13 Å². The van der Waals surface area contributed by atoms with Crippen molar-refractivity contribution in [2.45, 2.75) is 19.8 Å². The number of thiazole rings is 1.